The van der Waals surface area contributed by atoms with Gasteiger partial charge in [0.1, 0.15) is 5.82 Å². The molecule has 5 heterocycles. The number of likely N-dealkylation sites (tertiary alicyclic amines) is 1. The van der Waals surface area contributed by atoms with Gasteiger partial charge in [0, 0.05) is 63.1 Å². The first-order valence-corrected chi connectivity index (χ1v) is 9.67. The van der Waals surface area contributed by atoms with E-state index in [1.165, 1.54) is 17.1 Å². The van der Waals surface area contributed by atoms with Crippen molar-refractivity contribution in [1.82, 2.24) is 29.7 Å². The van der Waals surface area contributed by atoms with Crippen LogP contribution >= 0.6 is 0 Å². The Labute approximate surface area is 159 Å². The second-order valence-electron chi connectivity index (χ2n) is 7.51. The van der Waals surface area contributed by atoms with E-state index in [2.05, 4.69) is 36.9 Å². The number of nitrogens with zero attached hydrogens (tertiary/aromatic N) is 5. The highest BCUT2D eigenvalue weighted by Crippen LogP contribution is 2.36. The van der Waals surface area contributed by atoms with Crippen LogP contribution in [0.1, 0.15) is 24.2 Å². The standard InChI is InChI=1S/C21H24N6/c1-3-17(13-22-7-1)16-26-10-5-21(6-11-26)20-24-15-19(27(20)12-9-25-21)18-4-2-8-23-14-18/h1-4,7-8,13-15,25H,5-6,9-12,16H2. The number of piperidine rings is 1. The first-order chi connectivity index (χ1) is 13.3. The summed E-state index contributed by atoms with van der Waals surface area (Å²) in [6, 6.07) is 8.27. The van der Waals surface area contributed by atoms with Gasteiger partial charge in [-0.3, -0.25) is 14.9 Å². The van der Waals surface area contributed by atoms with E-state index >= 15 is 0 Å². The number of rotatable bonds is 3. The Morgan fingerprint density at radius 1 is 0.963 bits per heavy atom. The van der Waals surface area contributed by atoms with Crippen molar-refractivity contribution in [3.63, 3.8) is 0 Å². The number of hydrogen-bond donors (Lipinski definition) is 1. The molecule has 0 saturated carbocycles. The Morgan fingerprint density at radius 2 is 1.78 bits per heavy atom. The van der Waals surface area contributed by atoms with Crippen LogP contribution in [0.5, 0.6) is 0 Å². The first-order valence-electron chi connectivity index (χ1n) is 9.67. The van der Waals surface area contributed by atoms with Crippen molar-refractivity contribution < 1.29 is 0 Å². The van der Waals surface area contributed by atoms with Crippen LogP contribution in [-0.4, -0.2) is 44.1 Å². The smallest absolute Gasteiger partial charge is 0.129 e. The molecule has 138 valence electrons. The van der Waals surface area contributed by atoms with Crippen molar-refractivity contribution in [2.24, 2.45) is 0 Å². The lowest BCUT2D eigenvalue weighted by Gasteiger charge is -2.44. The number of aromatic nitrogens is 4. The minimum atomic E-state index is -0.00978. The van der Waals surface area contributed by atoms with E-state index in [0.29, 0.717) is 0 Å². The molecule has 1 spiro atoms. The van der Waals surface area contributed by atoms with Gasteiger partial charge in [-0.05, 0) is 36.6 Å². The van der Waals surface area contributed by atoms with Crippen molar-refractivity contribution >= 4 is 0 Å². The van der Waals surface area contributed by atoms with E-state index in [9.17, 15) is 0 Å². The SMILES string of the molecule is c1cncc(CN2CCC3(CC2)NCCn2c(-c4cccnc4)cnc23)c1. The van der Waals surface area contributed by atoms with Crippen LogP contribution in [0.2, 0.25) is 0 Å². The molecule has 1 N–H and O–H groups in total. The maximum absolute atomic E-state index is 4.86. The van der Waals surface area contributed by atoms with Crippen molar-refractivity contribution in [2.45, 2.75) is 31.5 Å². The van der Waals surface area contributed by atoms with Gasteiger partial charge in [-0.1, -0.05) is 6.07 Å². The average molecular weight is 360 g/mol. The van der Waals surface area contributed by atoms with Crippen molar-refractivity contribution in [3.05, 3.63) is 66.6 Å². The molecule has 2 aliphatic heterocycles. The summed E-state index contributed by atoms with van der Waals surface area (Å²) in [5.74, 6) is 1.19. The lowest BCUT2D eigenvalue weighted by atomic mass is 9.85. The largest absolute Gasteiger partial charge is 0.325 e. The molecule has 1 saturated heterocycles. The normalized spacial score (nSPS) is 19.1. The van der Waals surface area contributed by atoms with Gasteiger partial charge in [-0.25, -0.2) is 4.98 Å². The summed E-state index contributed by atoms with van der Waals surface area (Å²) in [4.78, 5) is 15.9. The van der Waals surface area contributed by atoms with Gasteiger partial charge in [0.05, 0.1) is 17.4 Å². The number of fused-ring (bicyclic) bond motifs is 2. The zero-order chi connectivity index (χ0) is 18.1. The molecule has 3 aromatic rings. The van der Waals surface area contributed by atoms with E-state index in [1.54, 1.807) is 0 Å². The molecule has 0 aromatic carbocycles. The van der Waals surface area contributed by atoms with Gasteiger partial charge in [0.2, 0.25) is 0 Å². The van der Waals surface area contributed by atoms with Crippen LogP contribution in [-0.2, 0) is 18.6 Å². The van der Waals surface area contributed by atoms with E-state index in [4.69, 9.17) is 4.98 Å². The lowest BCUT2D eigenvalue weighted by molar-refractivity contribution is 0.109. The fourth-order valence-corrected chi connectivity index (χ4v) is 4.46. The molecular formula is C21H24N6. The van der Waals surface area contributed by atoms with Crippen LogP contribution in [0.3, 0.4) is 0 Å². The number of imidazole rings is 1. The van der Waals surface area contributed by atoms with Crippen molar-refractivity contribution in [2.75, 3.05) is 19.6 Å². The highest BCUT2D eigenvalue weighted by molar-refractivity contribution is 5.58. The molecule has 5 rings (SSSR count). The fraction of sp³-hybridized carbons (Fsp3) is 0.381. The quantitative estimate of drug-likeness (QED) is 0.777. The summed E-state index contributed by atoms with van der Waals surface area (Å²) in [5.41, 5.74) is 3.59. The van der Waals surface area contributed by atoms with Crippen LogP contribution in [0.4, 0.5) is 0 Å². The molecular weight excluding hydrogens is 336 g/mol. The number of nitrogens with one attached hydrogen (secondary N) is 1. The molecule has 0 amide bonds. The summed E-state index contributed by atoms with van der Waals surface area (Å²) in [7, 11) is 0. The fourth-order valence-electron chi connectivity index (χ4n) is 4.46. The Morgan fingerprint density at radius 3 is 2.52 bits per heavy atom. The molecule has 0 bridgehead atoms. The molecule has 3 aromatic heterocycles. The van der Waals surface area contributed by atoms with E-state index in [0.717, 1.165) is 51.1 Å². The zero-order valence-corrected chi connectivity index (χ0v) is 15.4. The molecule has 6 nitrogen and oxygen atoms in total. The van der Waals surface area contributed by atoms with Gasteiger partial charge >= 0.3 is 0 Å². The van der Waals surface area contributed by atoms with Gasteiger partial charge in [0.25, 0.3) is 0 Å². The predicted molar refractivity (Wildman–Crippen MR) is 104 cm³/mol. The van der Waals surface area contributed by atoms with E-state index in [1.807, 2.05) is 43.1 Å². The minimum Gasteiger partial charge on any atom is -0.325 e. The van der Waals surface area contributed by atoms with Crippen LogP contribution in [0, 0.1) is 0 Å². The summed E-state index contributed by atoms with van der Waals surface area (Å²) >= 11 is 0. The van der Waals surface area contributed by atoms with Gasteiger partial charge in [-0.2, -0.15) is 0 Å². The van der Waals surface area contributed by atoms with E-state index < -0.39 is 0 Å². The third kappa shape index (κ3) is 3.05. The van der Waals surface area contributed by atoms with Gasteiger partial charge < -0.3 is 9.88 Å². The number of hydrogen-bond acceptors (Lipinski definition) is 5. The highest BCUT2D eigenvalue weighted by Gasteiger charge is 2.41. The molecule has 0 radical (unpaired) electrons. The summed E-state index contributed by atoms with van der Waals surface area (Å²) in [6.45, 7) is 5.05. The van der Waals surface area contributed by atoms with Crippen LogP contribution < -0.4 is 5.32 Å². The summed E-state index contributed by atoms with van der Waals surface area (Å²) in [5, 5.41) is 3.80. The average Bonchev–Trinajstić information content (AvgIpc) is 3.17. The van der Waals surface area contributed by atoms with Crippen molar-refractivity contribution in [1.29, 1.82) is 0 Å². The third-order valence-electron chi connectivity index (χ3n) is 5.88. The maximum atomic E-state index is 4.86. The molecule has 1 fully saturated rings. The predicted octanol–water partition coefficient (Wildman–Crippen LogP) is 2.43. The molecule has 2 aliphatic rings. The third-order valence-corrected chi connectivity index (χ3v) is 5.88. The molecule has 0 aliphatic carbocycles. The minimum absolute atomic E-state index is 0.00978. The van der Waals surface area contributed by atoms with Gasteiger partial charge in [0.15, 0.2) is 0 Å². The topological polar surface area (TPSA) is 58.9 Å². The highest BCUT2D eigenvalue weighted by atomic mass is 15.2. The molecule has 6 heteroatoms. The second kappa shape index (κ2) is 6.87. The number of pyridine rings is 2. The van der Waals surface area contributed by atoms with E-state index in [-0.39, 0.29) is 5.54 Å². The van der Waals surface area contributed by atoms with Gasteiger partial charge in [-0.15, -0.1) is 0 Å². The first kappa shape index (κ1) is 16.6. The Bertz CT molecular complexity index is 897. The van der Waals surface area contributed by atoms with Crippen LogP contribution in [0.15, 0.2) is 55.2 Å². The van der Waals surface area contributed by atoms with Crippen LogP contribution in [0.25, 0.3) is 11.3 Å². The second-order valence-corrected chi connectivity index (χ2v) is 7.51. The van der Waals surface area contributed by atoms with Crippen molar-refractivity contribution in [3.8, 4) is 11.3 Å². The Kier molecular flexibility index (Phi) is 4.22. The Hall–Kier alpha value is -2.57. The monoisotopic (exact) mass is 360 g/mol. The summed E-state index contributed by atoms with van der Waals surface area (Å²) in [6.07, 6.45) is 11.7. The zero-order valence-electron chi connectivity index (χ0n) is 15.4. The maximum Gasteiger partial charge on any atom is 0.129 e. The Balaban J connectivity index is 1.36. The lowest BCUT2D eigenvalue weighted by Crippen LogP contribution is -2.55. The summed E-state index contributed by atoms with van der Waals surface area (Å²) < 4.78 is 2.39. The molecule has 0 unspecified atom stereocenters. The molecule has 0 atom stereocenters. The molecule has 27 heavy (non-hydrogen) atoms.